The van der Waals surface area contributed by atoms with E-state index in [1.54, 1.807) is 18.2 Å². The van der Waals surface area contributed by atoms with Crippen LogP contribution in [0.25, 0.3) is 0 Å². The molecule has 2 N–H and O–H groups in total. The van der Waals surface area contributed by atoms with Crippen LogP contribution in [0, 0.1) is 0 Å². The van der Waals surface area contributed by atoms with Crippen molar-refractivity contribution < 1.29 is 9.90 Å². The Bertz CT molecular complexity index is 433. The fourth-order valence-electron chi connectivity index (χ4n) is 1.77. The van der Waals surface area contributed by atoms with Crippen LogP contribution in [0.5, 0.6) is 0 Å². The van der Waals surface area contributed by atoms with Gasteiger partial charge in [0, 0.05) is 19.2 Å². The Labute approximate surface area is 129 Å². The van der Waals surface area contributed by atoms with Crippen LogP contribution in [0.15, 0.2) is 18.2 Å². The zero-order chi connectivity index (χ0) is 15.1. The predicted octanol–water partition coefficient (Wildman–Crippen LogP) is 3.02. The molecule has 1 aromatic carbocycles. The van der Waals surface area contributed by atoms with Crippen molar-refractivity contribution in [3.8, 4) is 0 Å². The van der Waals surface area contributed by atoms with Crippen molar-refractivity contribution in [2.24, 2.45) is 0 Å². The summed E-state index contributed by atoms with van der Waals surface area (Å²) < 4.78 is 0. The van der Waals surface area contributed by atoms with Gasteiger partial charge in [-0.05, 0) is 32.4 Å². The number of carbonyl (C=O) groups is 1. The third kappa shape index (κ3) is 5.29. The van der Waals surface area contributed by atoms with Crippen molar-refractivity contribution in [2.45, 2.75) is 26.3 Å². The second kappa shape index (κ2) is 8.47. The van der Waals surface area contributed by atoms with Crippen LogP contribution in [0.3, 0.4) is 0 Å². The monoisotopic (exact) mass is 318 g/mol. The van der Waals surface area contributed by atoms with Gasteiger partial charge in [0.25, 0.3) is 0 Å². The van der Waals surface area contributed by atoms with E-state index in [1.165, 1.54) is 0 Å². The number of rotatable bonds is 7. The highest BCUT2D eigenvalue weighted by Gasteiger charge is 2.15. The van der Waals surface area contributed by atoms with Gasteiger partial charge in [-0.3, -0.25) is 9.69 Å². The predicted molar refractivity (Wildman–Crippen MR) is 83.5 cm³/mol. The Hall–Kier alpha value is -0.810. The van der Waals surface area contributed by atoms with Gasteiger partial charge in [-0.15, -0.1) is 0 Å². The molecular formula is C14H20Cl2N2O2. The largest absolute Gasteiger partial charge is 0.396 e. The second-order valence-corrected chi connectivity index (χ2v) is 5.60. The van der Waals surface area contributed by atoms with Crippen LogP contribution in [0.2, 0.25) is 10.0 Å². The maximum atomic E-state index is 12.1. The van der Waals surface area contributed by atoms with E-state index in [4.69, 9.17) is 28.3 Å². The third-order valence-electron chi connectivity index (χ3n) is 2.91. The summed E-state index contributed by atoms with van der Waals surface area (Å²) in [5.74, 6) is -0.174. The quantitative estimate of drug-likeness (QED) is 0.812. The number of aliphatic hydroxyl groups excluding tert-OH is 1. The van der Waals surface area contributed by atoms with Crippen molar-refractivity contribution in [2.75, 3.05) is 25.0 Å². The van der Waals surface area contributed by atoms with Gasteiger partial charge in [-0.2, -0.15) is 0 Å². The number of nitrogens with zero attached hydrogens (tertiary/aromatic N) is 1. The zero-order valence-corrected chi connectivity index (χ0v) is 13.2. The average molecular weight is 319 g/mol. The molecule has 0 aliphatic rings. The van der Waals surface area contributed by atoms with E-state index in [2.05, 4.69) is 5.32 Å². The molecule has 0 bridgehead atoms. The molecule has 1 amide bonds. The van der Waals surface area contributed by atoms with Gasteiger partial charge < -0.3 is 10.4 Å². The molecule has 4 nitrogen and oxygen atoms in total. The summed E-state index contributed by atoms with van der Waals surface area (Å²) >= 11 is 12.0. The normalized spacial score (nSPS) is 11.2. The first-order valence-electron chi connectivity index (χ1n) is 6.54. The van der Waals surface area contributed by atoms with Crippen LogP contribution in [-0.4, -0.2) is 41.7 Å². The Morgan fingerprint density at radius 3 is 2.45 bits per heavy atom. The van der Waals surface area contributed by atoms with Crippen LogP contribution >= 0.6 is 23.2 Å². The fourth-order valence-corrected chi connectivity index (χ4v) is 2.27. The summed E-state index contributed by atoms with van der Waals surface area (Å²) in [6, 6.07) is 5.29. The molecule has 0 aliphatic carbocycles. The highest BCUT2D eigenvalue weighted by atomic mass is 35.5. The highest BCUT2D eigenvalue weighted by molar-refractivity contribution is 6.39. The lowest BCUT2D eigenvalue weighted by Crippen LogP contribution is -2.39. The molecule has 0 heterocycles. The number of hydrogen-bond donors (Lipinski definition) is 2. The number of nitrogens with one attached hydrogen (secondary N) is 1. The average Bonchev–Trinajstić information content (AvgIpc) is 2.38. The summed E-state index contributed by atoms with van der Waals surface area (Å²) in [7, 11) is 0. The topological polar surface area (TPSA) is 52.6 Å². The molecule has 1 rings (SSSR count). The lowest BCUT2D eigenvalue weighted by molar-refractivity contribution is -0.117. The first kappa shape index (κ1) is 17.2. The highest BCUT2D eigenvalue weighted by Crippen LogP contribution is 2.29. The standard InChI is InChI=1S/C14H20Cl2N2O2/c1-10(2)18(7-4-8-19)9-13(20)17-14-11(15)5-3-6-12(14)16/h3,5-6,10,19H,4,7-9H2,1-2H3,(H,17,20). The molecule has 0 radical (unpaired) electrons. The fraction of sp³-hybridized carbons (Fsp3) is 0.500. The van der Waals surface area contributed by atoms with Crippen molar-refractivity contribution in [1.29, 1.82) is 0 Å². The van der Waals surface area contributed by atoms with Crippen LogP contribution in [0.1, 0.15) is 20.3 Å². The second-order valence-electron chi connectivity index (χ2n) is 4.79. The van der Waals surface area contributed by atoms with Crippen molar-refractivity contribution in [3.05, 3.63) is 28.2 Å². The lowest BCUT2D eigenvalue weighted by Gasteiger charge is -2.25. The Balaban J connectivity index is 2.66. The summed E-state index contributed by atoms with van der Waals surface area (Å²) in [6.45, 7) is 5.03. The van der Waals surface area contributed by atoms with E-state index in [-0.39, 0.29) is 25.1 Å². The summed E-state index contributed by atoms with van der Waals surface area (Å²) in [6.07, 6.45) is 0.637. The van der Waals surface area contributed by atoms with E-state index in [0.717, 1.165) is 0 Å². The van der Waals surface area contributed by atoms with E-state index >= 15 is 0 Å². The van der Waals surface area contributed by atoms with Gasteiger partial charge >= 0.3 is 0 Å². The molecule has 20 heavy (non-hydrogen) atoms. The number of anilines is 1. The molecule has 0 spiro atoms. The number of para-hydroxylation sites is 1. The number of aliphatic hydroxyl groups is 1. The Kier molecular flexibility index (Phi) is 7.30. The minimum absolute atomic E-state index is 0.112. The van der Waals surface area contributed by atoms with Crippen molar-refractivity contribution in [3.63, 3.8) is 0 Å². The first-order chi connectivity index (χ1) is 9.45. The van der Waals surface area contributed by atoms with Gasteiger partial charge in [0.05, 0.1) is 22.3 Å². The first-order valence-corrected chi connectivity index (χ1v) is 7.30. The minimum atomic E-state index is -0.174. The molecule has 0 fully saturated rings. The molecule has 112 valence electrons. The van der Waals surface area contributed by atoms with Gasteiger partial charge in [0.15, 0.2) is 0 Å². The zero-order valence-electron chi connectivity index (χ0n) is 11.7. The van der Waals surface area contributed by atoms with Crippen molar-refractivity contribution >= 4 is 34.8 Å². The molecule has 0 aromatic heterocycles. The third-order valence-corrected chi connectivity index (χ3v) is 3.54. The van der Waals surface area contributed by atoms with E-state index in [1.807, 2.05) is 18.7 Å². The molecule has 0 saturated heterocycles. The van der Waals surface area contributed by atoms with Gasteiger partial charge in [0.2, 0.25) is 5.91 Å². The number of hydrogen-bond acceptors (Lipinski definition) is 3. The van der Waals surface area contributed by atoms with Crippen LogP contribution in [-0.2, 0) is 4.79 Å². The van der Waals surface area contributed by atoms with Gasteiger partial charge in [-0.1, -0.05) is 29.3 Å². The van der Waals surface area contributed by atoms with Crippen molar-refractivity contribution in [1.82, 2.24) is 4.90 Å². The number of halogens is 2. The molecular weight excluding hydrogens is 299 g/mol. The molecule has 0 unspecified atom stereocenters. The van der Waals surface area contributed by atoms with Crippen LogP contribution < -0.4 is 5.32 Å². The van der Waals surface area contributed by atoms with Gasteiger partial charge in [0.1, 0.15) is 0 Å². The van der Waals surface area contributed by atoms with Crippen LogP contribution in [0.4, 0.5) is 5.69 Å². The number of carbonyl (C=O) groups excluding carboxylic acids is 1. The summed E-state index contributed by atoms with van der Waals surface area (Å²) in [4.78, 5) is 14.0. The lowest BCUT2D eigenvalue weighted by atomic mass is 10.2. The summed E-state index contributed by atoms with van der Waals surface area (Å²) in [5, 5.41) is 12.4. The molecule has 6 heteroatoms. The SMILES string of the molecule is CC(C)N(CCCO)CC(=O)Nc1c(Cl)cccc1Cl. The maximum absolute atomic E-state index is 12.1. The molecule has 0 atom stereocenters. The van der Waals surface area contributed by atoms with E-state index in [9.17, 15) is 4.79 Å². The molecule has 1 aromatic rings. The minimum Gasteiger partial charge on any atom is -0.396 e. The molecule has 0 saturated carbocycles. The number of benzene rings is 1. The molecule has 0 aliphatic heterocycles. The Morgan fingerprint density at radius 2 is 1.95 bits per heavy atom. The smallest absolute Gasteiger partial charge is 0.238 e. The Morgan fingerprint density at radius 1 is 1.35 bits per heavy atom. The summed E-state index contributed by atoms with van der Waals surface area (Å²) in [5.41, 5.74) is 0.437. The number of amides is 1. The van der Waals surface area contributed by atoms with E-state index < -0.39 is 0 Å². The van der Waals surface area contributed by atoms with Gasteiger partial charge in [-0.25, -0.2) is 0 Å². The van der Waals surface area contributed by atoms with E-state index in [0.29, 0.717) is 28.7 Å². The maximum Gasteiger partial charge on any atom is 0.238 e.